The Balaban J connectivity index is 1.97. The molecule has 0 aliphatic carbocycles. The Kier molecular flexibility index (Phi) is 4.45. The first-order chi connectivity index (χ1) is 9.22. The molecule has 19 heavy (non-hydrogen) atoms. The first kappa shape index (κ1) is 13.5. The molecular formula is C11H15N5O2S. The van der Waals surface area contributed by atoms with E-state index in [1.807, 2.05) is 12.4 Å². The third-order valence-corrected chi connectivity index (χ3v) is 3.40. The number of anilines is 1. The Morgan fingerprint density at radius 3 is 2.68 bits per heavy atom. The fourth-order valence-corrected chi connectivity index (χ4v) is 2.17. The number of ether oxygens (including phenoxy) is 2. The molecule has 0 bridgehead atoms. The maximum absolute atomic E-state index is 5.52. The van der Waals surface area contributed by atoms with Gasteiger partial charge in [0.05, 0.1) is 24.9 Å². The average molecular weight is 281 g/mol. The summed E-state index contributed by atoms with van der Waals surface area (Å²) in [4.78, 5) is 17.5. The highest BCUT2D eigenvalue weighted by Crippen LogP contribution is 2.15. The van der Waals surface area contributed by atoms with Gasteiger partial charge >= 0.3 is 12.0 Å². The maximum atomic E-state index is 5.52. The van der Waals surface area contributed by atoms with Crippen molar-refractivity contribution in [1.82, 2.24) is 19.9 Å². The van der Waals surface area contributed by atoms with Gasteiger partial charge in [-0.15, -0.1) is 16.3 Å². The van der Waals surface area contributed by atoms with Gasteiger partial charge in [-0.3, -0.25) is 0 Å². The zero-order valence-electron chi connectivity index (χ0n) is 11.0. The van der Waals surface area contributed by atoms with Crippen LogP contribution in [0.3, 0.4) is 0 Å². The molecule has 0 amide bonds. The van der Waals surface area contributed by atoms with Gasteiger partial charge in [0.1, 0.15) is 0 Å². The second-order valence-corrected chi connectivity index (χ2v) is 4.58. The van der Waals surface area contributed by atoms with E-state index in [-0.39, 0.29) is 12.0 Å². The maximum Gasteiger partial charge on any atom is 0.324 e. The van der Waals surface area contributed by atoms with E-state index in [1.165, 1.54) is 12.0 Å². The molecule has 102 valence electrons. The Morgan fingerprint density at radius 1 is 1.26 bits per heavy atom. The topological polar surface area (TPSA) is 82.1 Å². The summed E-state index contributed by atoms with van der Waals surface area (Å²) < 4.78 is 10.5. The summed E-state index contributed by atoms with van der Waals surface area (Å²) in [7, 11) is 3.22. The van der Waals surface area contributed by atoms with E-state index in [0.29, 0.717) is 12.6 Å². The first-order valence-electron chi connectivity index (χ1n) is 5.72. The van der Waals surface area contributed by atoms with Gasteiger partial charge in [-0.1, -0.05) is 0 Å². The molecule has 2 heterocycles. The molecule has 0 aromatic carbocycles. The molecule has 2 rings (SSSR count). The van der Waals surface area contributed by atoms with Gasteiger partial charge in [0.15, 0.2) is 0 Å². The zero-order chi connectivity index (χ0) is 13.7. The van der Waals surface area contributed by atoms with Gasteiger partial charge in [0, 0.05) is 18.3 Å². The third-order valence-electron chi connectivity index (χ3n) is 2.41. The molecule has 8 heteroatoms. The van der Waals surface area contributed by atoms with Gasteiger partial charge < -0.3 is 14.8 Å². The van der Waals surface area contributed by atoms with E-state index >= 15 is 0 Å². The minimum Gasteiger partial charge on any atom is -0.467 e. The lowest BCUT2D eigenvalue weighted by Gasteiger charge is -2.06. The number of hydrogen-bond donors (Lipinski definition) is 1. The van der Waals surface area contributed by atoms with E-state index in [4.69, 9.17) is 9.47 Å². The van der Waals surface area contributed by atoms with Gasteiger partial charge in [-0.05, 0) is 6.92 Å². The van der Waals surface area contributed by atoms with Crippen LogP contribution in [-0.2, 0) is 6.42 Å². The lowest BCUT2D eigenvalue weighted by atomic mass is 10.3. The summed E-state index contributed by atoms with van der Waals surface area (Å²) in [6.07, 6.45) is 0.777. The molecule has 0 saturated carbocycles. The summed E-state index contributed by atoms with van der Waals surface area (Å²) in [6, 6.07) is 0.474. The van der Waals surface area contributed by atoms with E-state index in [1.54, 1.807) is 18.4 Å². The lowest BCUT2D eigenvalue weighted by Crippen LogP contribution is -2.08. The van der Waals surface area contributed by atoms with Crippen molar-refractivity contribution in [3.05, 3.63) is 16.1 Å². The van der Waals surface area contributed by atoms with Gasteiger partial charge in [0.25, 0.3) is 0 Å². The third kappa shape index (κ3) is 3.50. The summed E-state index contributed by atoms with van der Waals surface area (Å²) in [6.45, 7) is 2.47. The second kappa shape index (κ2) is 6.28. The van der Waals surface area contributed by atoms with Crippen LogP contribution in [0.1, 0.15) is 10.6 Å². The van der Waals surface area contributed by atoms with Crippen molar-refractivity contribution in [2.75, 3.05) is 26.1 Å². The van der Waals surface area contributed by atoms with Crippen molar-refractivity contribution in [3.8, 4) is 12.0 Å². The van der Waals surface area contributed by atoms with Crippen molar-refractivity contribution in [2.45, 2.75) is 13.3 Å². The Bertz CT molecular complexity index is 523. The van der Waals surface area contributed by atoms with Gasteiger partial charge in [-0.25, -0.2) is 4.98 Å². The molecule has 2 aromatic heterocycles. The van der Waals surface area contributed by atoms with Crippen molar-refractivity contribution in [1.29, 1.82) is 0 Å². The predicted octanol–water partition coefficient (Wildman–Crippen LogP) is 1.31. The number of aryl methyl sites for hydroxylation is 1. The largest absolute Gasteiger partial charge is 0.467 e. The van der Waals surface area contributed by atoms with Crippen LogP contribution in [0.5, 0.6) is 12.0 Å². The number of thiazole rings is 1. The number of hydrogen-bond acceptors (Lipinski definition) is 8. The normalized spacial score (nSPS) is 10.3. The average Bonchev–Trinajstić information content (AvgIpc) is 2.84. The van der Waals surface area contributed by atoms with Gasteiger partial charge in [0.2, 0.25) is 5.95 Å². The molecule has 2 aromatic rings. The van der Waals surface area contributed by atoms with Gasteiger partial charge in [-0.2, -0.15) is 9.97 Å². The minimum atomic E-state index is 0.225. The molecule has 0 saturated heterocycles. The molecule has 0 unspecified atom stereocenters. The summed E-state index contributed by atoms with van der Waals surface area (Å²) >= 11 is 1.62. The second-order valence-electron chi connectivity index (χ2n) is 3.64. The fraction of sp³-hybridized carbons (Fsp3) is 0.455. The monoisotopic (exact) mass is 281 g/mol. The highest BCUT2D eigenvalue weighted by molar-refractivity contribution is 7.09. The van der Waals surface area contributed by atoms with Crippen LogP contribution in [0.4, 0.5) is 5.95 Å². The van der Waals surface area contributed by atoms with Crippen LogP contribution in [0.15, 0.2) is 5.51 Å². The molecular weight excluding hydrogens is 266 g/mol. The molecule has 7 nitrogen and oxygen atoms in total. The molecule has 0 atom stereocenters. The predicted molar refractivity (Wildman–Crippen MR) is 72.0 cm³/mol. The standard InChI is InChI=1S/C11H15N5O2S/c1-7-8(19-6-13-7)4-5-18-11-15-9(12-2)14-10(16-11)17-3/h6H,4-5H2,1-3H3,(H,12,14,15,16). The van der Waals surface area contributed by atoms with Crippen LogP contribution >= 0.6 is 11.3 Å². The number of methoxy groups -OCH3 is 1. The molecule has 0 aliphatic heterocycles. The molecule has 0 aliphatic rings. The number of nitrogens with one attached hydrogen (secondary N) is 1. The molecule has 1 N–H and O–H groups in total. The van der Waals surface area contributed by atoms with Crippen LogP contribution in [0.2, 0.25) is 0 Å². The van der Waals surface area contributed by atoms with Crippen molar-refractivity contribution in [2.24, 2.45) is 0 Å². The SMILES string of the molecule is CNc1nc(OC)nc(OCCc2scnc2C)n1. The van der Waals surface area contributed by atoms with Crippen LogP contribution < -0.4 is 14.8 Å². The first-order valence-corrected chi connectivity index (χ1v) is 6.60. The number of rotatable bonds is 6. The molecule has 0 fully saturated rings. The van der Waals surface area contributed by atoms with E-state index in [9.17, 15) is 0 Å². The highest BCUT2D eigenvalue weighted by Gasteiger charge is 2.07. The van der Waals surface area contributed by atoms with Crippen LogP contribution in [0.25, 0.3) is 0 Å². The van der Waals surface area contributed by atoms with E-state index < -0.39 is 0 Å². The van der Waals surface area contributed by atoms with E-state index in [2.05, 4.69) is 25.3 Å². The van der Waals surface area contributed by atoms with Crippen molar-refractivity contribution >= 4 is 17.3 Å². The van der Waals surface area contributed by atoms with Crippen LogP contribution in [-0.4, -0.2) is 40.7 Å². The zero-order valence-corrected chi connectivity index (χ0v) is 11.8. The summed E-state index contributed by atoms with van der Waals surface area (Å²) in [5.41, 5.74) is 2.87. The van der Waals surface area contributed by atoms with Crippen molar-refractivity contribution < 1.29 is 9.47 Å². The van der Waals surface area contributed by atoms with Crippen molar-refractivity contribution in [3.63, 3.8) is 0 Å². The van der Waals surface area contributed by atoms with Crippen LogP contribution in [0, 0.1) is 6.92 Å². The number of aromatic nitrogens is 4. The molecule has 0 spiro atoms. The quantitative estimate of drug-likeness (QED) is 0.854. The molecule has 0 radical (unpaired) electrons. The van der Waals surface area contributed by atoms with E-state index in [0.717, 1.165) is 12.1 Å². The summed E-state index contributed by atoms with van der Waals surface area (Å²) in [5, 5.41) is 2.83. The Hall–Kier alpha value is -1.96. The lowest BCUT2D eigenvalue weighted by molar-refractivity contribution is 0.285. The Labute approximate surface area is 115 Å². The summed E-state index contributed by atoms with van der Waals surface area (Å²) in [5.74, 6) is 0.413. The smallest absolute Gasteiger partial charge is 0.324 e. The fourth-order valence-electron chi connectivity index (χ4n) is 1.41. The Morgan fingerprint density at radius 2 is 2.05 bits per heavy atom. The minimum absolute atomic E-state index is 0.225. The highest BCUT2D eigenvalue weighted by atomic mass is 32.1. The number of nitrogens with zero attached hydrogens (tertiary/aromatic N) is 4.